The fourth-order valence-electron chi connectivity index (χ4n) is 3.20. The molecule has 0 fully saturated rings. The molecule has 3 aromatic rings. The Hall–Kier alpha value is -3.27. The number of hydrogen-bond acceptors (Lipinski definition) is 4. The van der Waals surface area contributed by atoms with E-state index in [1.807, 2.05) is 24.3 Å². The molecule has 0 saturated carbocycles. The van der Waals surface area contributed by atoms with Crippen LogP contribution in [0.25, 0.3) is 0 Å². The molecule has 4 nitrogen and oxygen atoms in total. The van der Waals surface area contributed by atoms with Crippen molar-refractivity contribution in [3.63, 3.8) is 0 Å². The van der Waals surface area contributed by atoms with Crippen LogP contribution in [0, 0.1) is 0 Å². The van der Waals surface area contributed by atoms with Crippen LogP contribution in [0.4, 0.5) is 0 Å². The lowest BCUT2D eigenvalue weighted by Gasteiger charge is -2.16. The van der Waals surface area contributed by atoms with Gasteiger partial charge >= 0.3 is 0 Å². The van der Waals surface area contributed by atoms with Crippen molar-refractivity contribution in [1.82, 2.24) is 0 Å². The van der Waals surface area contributed by atoms with E-state index in [1.165, 1.54) is 0 Å². The quantitative estimate of drug-likeness (QED) is 0.487. The number of aromatic hydroxyl groups is 3. The Kier molecular flexibility index (Phi) is 6.33. The van der Waals surface area contributed by atoms with Crippen molar-refractivity contribution in [2.45, 2.75) is 32.2 Å². The van der Waals surface area contributed by atoms with E-state index in [2.05, 4.69) is 11.9 Å². The van der Waals surface area contributed by atoms with Gasteiger partial charge in [-0.15, -0.1) is 0 Å². The molecule has 0 aromatic heterocycles. The van der Waals surface area contributed by atoms with Gasteiger partial charge in [0.15, 0.2) is 0 Å². The van der Waals surface area contributed by atoms with Crippen molar-refractivity contribution < 1.29 is 15.3 Å². The van der Waals surface area contributed by atoms with Gasteiger partial charge in [0.2, 0.25) is 0 Å². The molecule has 0 unspecified atom stereocenters. The molecule has 3 aromatic carbocycles. The van der Waals surface area contributed by atoms with E-state index < -0.39 is 6.04 Å². The Morgan fingerprint density at radius 1 is 0.821 bits per heavy atom. The fraction of sp³-hybridized carbons (Fsp3) is 0.208. The lowest BCUT2D eigenvalue weighted by molar-refractivity contribution is 0.455. The number of benzene rings is 3. The van der Waals surface area contributed by atoms with Gasteiger partial charge in [-0.2, -0.15) is 0 Å². The third kappa shape index (κ3) is 4.34. The molecule has 0 atom stereocenters. The smallest absolute Gasteiger partial charge is 0.127 e. The van der Waals surface area contributed by atoms with E-state index in [0.717, 1.165) is 24.8 Å². The normalized spacial score (nSPS) is 11.4. The molecule has 0 heterocycles. The van der Waals surface area contributed by atoms with Gasteiger partial charge in [0, 0.05) is 22.9 Å². The summed E-state index contributed by atoms with van der Waals surface area (Å²) in [5.41, 5.74) is 2.68. The van der Waals surface area contributed by atoms with Crippen LogP contribution in [0.2, 0.25) is 0 Å². The molecule has 3 rings (SSSR count). The predicted octanol–water partition coefficient (Wildman–Crippen LogP) is 5.35. The molecule has 0 aliphatic heterocycles. The molecule has 3 N–H and O–H groups in total. The second-order valence-electron chi connectivity index (χ2n) is 6.76. The summed E-state index contributed by atoms with van der Waals surface area (Å²) < 4.78 is 0. The average Bonchev–Trinajstić information content (AvgIpc) is 2.70. The lowest BCUT2D eigenvalue weighted by atomic mass is 9.97. The summed E-state index contributed by atoms with van der Waals surface area (Å²) in [7, 11) is 0. The third-order valence-corrected chi connectivity index (χ3v) is 4.78. The minimum atomic E-state index is -0.596. The first-order chi connectivity index (χ1) is 13.6. The number of rotatable bonds is 7. The maximum atomic E-state index is 10.6. The lowest BCUT2D eigenvalue weighted by Crippen LogP contribution is -2.00. The van der Waals surface area contributed by atoms with Crippen LogP contribution in [0.1, 0.15) is 48.1 Å². The zero-order valence-corrected chi connectivity index (χ0v) is 15.9. The van der Waals surface area contributed by atoms with Crippen molar-refractivity contribution >= 4 is 6.21 Å². The van der Waals surface area contributed by atoms with Crippen molar-refractivity contribution in [2.24, 2.45) is 4.99 Å². The summed E-state index contributed by atoms with van der Waals surface area (Å²) in [4.78, 5) is 4.63. The van der Waals surface area contributed by atoms with E-state index in [0.29, 0.717) is 16.7 Å². The summed E-state index contributed by atoms with van der Waals surface area (Å²) in [6.45, 7) is 2.12. The number of para-hydroxylation sites is 3. The number of nitrogens with zero attached hydrogens (tertiary/aromatic N) is 1. The number of unbranched alkanes of at least 4 members (excludes halogenated alkanes) is 1. The van der Waals surface area contributed by atoms with Gasteiger partial charge in [0.1, 0.15) is 23.3 Å². The summed E-state index contributed by atoms with van der Waals surface area (Å²) >= 11 is 0. The number of aryl methyl sites for hydroxylation is 1. The molecule has 0 saturated heterocycles. The van der Waals surface area contributed by atoms with Gasteiger partial charge < -0.3 is 15.3 Å². The first-order valence-electron chi connectivity index (χ1n) is 9.51. The first-order valence-corrected chi connectivity index (χ1v) is 9.51. The van der Waals surface area contributed by atoms with E-state index >= 15 is 0 Å². The standard InChI is InChI=1S/C24H25NO3/c1-2-3-9-17-10-8-11-18(24(17)28)16-25-23(19-12-4-6-14-21(19)26)20-13-5-7-15-22(20)27/h4-8,10-16,23,26-28H,2-3,9H2,1H3. The second kappa shape index (κ2) is 9.09. The topological polar surface area (TPSA) is 73.1 Å². The Morgan fingerprint density at radius 3 is 2.00 bits per heavy atom. The fourth-order valence-corrected chi connectivity index (χ4v) is 3.20. The zero-order chi connectivity index (χ0) is 19.9. The van der Waals surface area contributed by atoms with Crippen LogP contribution < -0.4 is 0 Å². The van der Waals surface area contributed by atoms with Crippen LogP contribution in [-0.2, 0) is 6.42 Å². The van der Waals surface area contributed by atoms with Gasteiger partial charge in [-0.3, -0.25) is 4.99 Å². The molecule has 4 heteroatoms. The molecular formula is C24H25NO3. The van der Waals surface area contributed by atoms with Crippen LogP contribution in [-0.4, -0.2) is 21.5 Å². The van der Waals surface area contributed by atoms with Gasteiger partial charge in [-0.1, -0.05) is 61.9 Å². The second-order valence-corrected chi connectivity index (χ2v) is 6.76. The third-order valence-electron chi connectivity index (χ3n) is 4.78. The Balaban J connectivity index is 2.01. The number of phenols is 3. The molecule has 28 heavy (non-hydrogen) atoms. The van der Waals surface area contributed by atoms with Crippen LogP contribution in [0.3, 0.4) is 0 Å². The van der Waals surface area contributed by atoms with Crippen molar-refractivity contribution in [2.75, 3.05) is 0 Å². The van der Waals surface area contributed by atoms with Crippen LogP contribution in [0.5, 0.6) is 17.2 Å². The van der Waals surface area contributed by atoms with E-state index in [9.17, 15) is 15.3 Å². The van der Waals surface area contributed by atoms with Crippen LogP contribution in [0.15, 0.2) is 71.7 Å². The Labute approximate surface area is 165 Å². The van der Waals surface area contributed by atoms with E-state index in [-0.39, 0.29) is 17.2 Å². The van der Waals surface area contributed by atoms with Crippen molar-refractivity contribution in [1.29, 1.82) is 0 Å². The molecular weight excluding hydrogens is 350 g/mol. The van der Waals surface area contributed by atoms with Gasteiger partial charge in [-0.25, -0.2) is 0 Å². The average molecular weight is 375 g/mol. The predicted molar refractivity (Wildman–Crippen MR) is 112 cm³/mol. The highest BCUT2D eigenvalue weighted by molar-refractivity contribution is 5.84. The van der Waals surface area contributed by atoms with Gasteiger partial charge in [0.05, 0.1) is 0 Å². The number of hydrogen-bond donors (Lipinski definition) is 3. The van der Waals surface area contributed by atoms with Gasteiger partial charge in [0.25, 0.3) is 0 Å². The van der Waals surface area contributed by atoms with E-state index in [4.69, 9.17) is 0 Å². The van der Waals surface area contributed by atoms with Crippen molar-refractivity contribution in [3.8, 4) is 17.2 Å². The summed E-state index contributed by atoms with van der Waals surface area (Å²) in [5, 5.41) is 31.2. The number of aliphatic imine (C=N–C) groups is 1. The molecule has 144 valence electrons. The monoisotopic (exact) mass is 375 g/mol. The molecule has 0 radical (unpaired) electrons. The van der Waals surface area contributed by atoms with Crippen LogP contribution >= 0.6 is 0 Å². The maximum Gasteiger partial charge on any atom is 0.127 e. The highest BCUT2D eigenvalue weighted by Gasteiger charge is 2.19. The molecule has 0 aliphatic carbocycles. The minimum absolute atomic E-state index is 0.105. The minimum Gasteiger partial charge on any atom is -0.508 e. The molecule has 0 aliphatic rings. The SMILES string of the molecule is CCCCc1cccc(C=NC(c2ccccc2O)c2ccccc2O)c1O. The Bertz CT molecular complexity index is 920. The molecule has 0 bridgehead atoms. The first kappa shape index (κ1) is 19.5. The molecule has 0 amide bonds. The Morgan fingerprint density at radius 2 is 1.43 bits per heavy atom. The zero-order valence-electron chi connectivity index (χ0n) is 15.9. The molecule has 0 spiro atoms. The highest BCUT2D eigenvalue weighted by atomic mass is 16.3. The largest absolute Gasteiger partial charge is 0.508 e. The number of phenolic OH excluding ortho intramolecular Hbond substituents is 3. The summed E-state index contributed by atoms with van der Waals surface area (Å²) in [6, 6.07) is 18.9. The summed E-state index contributed by atoms with van der Waals surface area (Å²) in [5.74, 6) is 0.440. The highest BCUT2D eigenvalue weighted by Crippen LogP contribution is 2.36. The van der Waals surface area contributed by atoms with Crippen molar-refractivity contribution in [3.05, 3.63) is 89.0 Å². The van der Waals surface area contributed by atoms with Gasteiger partial charge in [-0.05, 0) is 36.6 Å². The maximum absolute atomic E-state index is 10.6. The summed E-state index contributed by atoms with van der Waals surface area (Å²) in [6.07, 6.45) is 4.48. The van der Waals surface area contributed by atoms with E-state index in [1.54, 1.807) is 48.7 Å².